The topological polar surface area (TPSA) is 106 Å². The van der Waals surface area contributed by atoms with Crippen LogP contribution in [0.1, 0.15) is 35.6 Å². The maximum Gasteiger partial charge on any atom is 0.328 e. The molecule has 0 spiro atoms. The first-order valence-corrected chi connectivity index (χ1v) is 13.0. The molecule has 5 rings (SSSR count). The molecule has 1 fully saturated rings. The smallest absolute Gasteiger partial charge is 0.328 e. The first-order chi connectivity index (χ1) is 19.0. The number of aliphatic carboxylic acids is 2. The van der Waals surface area contributed by atoms with E-state index in [1.54, 1.807) is 0 Å². The highest BCUT2D eigenvalue weighted by molar-refractivity contribution is 5.89. The van der Waals surface area contributed by atoms with Crippen LogP contribution in [0.2, 0.25) is 0 Å². The van der Waals surface area contributed by atoms with Gasteiger partial charge in [0.1, 0.15) is 6.10 Å². The number of fused-ring (bicyclic) bond motifs is 1. The average Bonchev–Trinajstić information content (AvgIpc) is 3.43. The van der Waals surface area contributed by atoms with Crippen LogP contribution in [-0.2, 0) is 20.7 Å². The summed E-state index contributed by atoms with van der Waals surface area (Å²) in [4.78, 5) is 21.6. The Hall–Kier alpha value is -4.14. The largest absolute Gasteiger partial charge is 0.478 e. The normalized spacial score (nSPS) is 16.6. The molecule has 3 aromatic carbocycles. The zero-order valence-electron chi connectivity index (χ0n) is 21.6. The van der Waals surface area contributed by atoms with E-state index in [0.717, 1.165) is 44.0 Å². The molecule has 0 unspecified atom stereocenters. The van der Waals surface area contributed by atoms with Crippen LogP contribution in [-0.4, -0.2) is 59.6 Å². The number of carbonyl (C=O) groups is 2. The van der Waals surface area contributed by atoms with Crippen LogP contribution < -0.4 is 9.47 Å². The quantitative estimate of drug-likeness (QED) is 0.374. The van der Waals surface area contributed by atoms with E-state index < -0.39 is 11.9 Å². The lowest BCUT2D eigenvalue weighted by Gasteiger charge is -2.35. The van der Waals surface area contributed by atoms with Crippen molar-refractivity contribution in [1.82, 2.24) is 4.90 Å². The van der Waals surface area contributed by atoms with Gasteiger partial charge in [-0.1, -0.05) is 66.7 Å². The van der Waals surface area contributed by atoms with E-state index in [2.05, 4.69) is 77.7 Å². The highest BCUT2D eigenvalue weighted by atomic mass is 16.7. The summed E-state index contributed by atoms with van der Waals surface area (Å²) in [5, 5.41) is 15.6. The Kier molecular flexibility index (Phi) is 10.1. The Bertz CT molecular complexity index is 1190. The number of hydrogen-bond acceptors (Lipinski definition) is 6. The SMILES string of the molecule is O=C(O)/C=C/C(=O)O.c1ccc(C(O[C@@H]2CCCN(CCc3ccc4c(c3)OCO4)C2)c2ccccc2)cc1. The minimum absolute atomic E-state index is 0.0267. The molecule has 0 aromatic heterocycles. The molecule has 1 saturated heterocycles. The number of carboxylic acid groups (broad SMARTS) is 2. The Balaban J connectivity index is 0.000000386. The molecule has 2 heterocycles. The molecule has 0 amide bonds. The van der Waals surface area contributed by atoms with Crippen molar-refractivity contribution in [1.29, 1.82) is 0 Å². The lowest BCUT2D eigenvalue weighted by molar-refractivity contribution is -0.134. The summed E-state index contributed by atoms with van der Waals surface area (Å²) in [6.07, 6.45) is 4.60. The van der Waals surface area contributed by atoms with Crippen molar-refractivity contribution in [2.75, 3.05) is 26.4 Å². The maximum absolute atomic E-state index is 9.55. The Morgan fingerprint density at radius 2 is 1.51 bits per heavy atom. The fourth-order valence-electron chi connectivity index (χ4n) is 4.65. The molecule has 0 saturated carbocycles. The Morgan fingerprint density at radius 3 is 2.13 bits per heavy atom. The lowest BCUT2D eigenvalue weighted by Crippen LogP contribution is -2.41. The fourth-order valence-corrected chi connectivity index (χ4v) is 4.65. The molecule has 39 heavy (non-hydrogen) atoms. The van der Waals surface area contributed by atoms with Crippen molar-refractivity contribution in [3.8, 4) is 11.5 Å². The maximum atomic E-state index is 9.55. The minimum Gasteiger partial charge on any atom is -0.478 e. The van der Waals surface area contributed by atoms with Gasteiger partial charge in [0.15, 0.2) is 11.5 Å². The predicted octanol–water partition coefficient (Wildman–Crippen LogP) is 4.94. The van der Waals surface area contributed by atoms with Crippen molar-refractivity contribution >= 4 is 11.9 Å². The third-order valence-corrected chi connectivity index (χ3v) is 6.52. The second-order valence-corrected chi connectivity index (χ2v) is 9.35. The second-order valence-electron chi connectivity index (χ2n) is 9.35. The highest BCUT2D eigenvalue weighted by Crippen LogP contribution is 2.33. The number of ether oxygens (including phenoxy) is 3. The van der Waals surface area contributed by atoms with Crippen LogP contribution in [0.25, 0.3) is 0 Å². The van der Waals surface area contributed by atoms with Crippen LogP contribution in [0.5, 0.6) is 11.5 Å². The average molecular weight is 532 g/mol. The monoisotopic (exact) mass is 531 g/mol. The summed E-state index contributed by atoms with van der Waals surface area (Å²) in [6, 6.07) is 27.4. The second kappa shape index (κ2) is 14.1. The van der Waals surface area contributed by atoms with Gasteiger partial charge in [-0.3, -0.25) is 0 Å². The van der Waals surface area contributed by atoms with E-state index in [-0.39, 0.29) is 12.2 Å². The van der Waals surface area contributed by atoms with Crippen LogP contribution in [0.3, 0.4) is 0 Å². The molecule has 2 aliphatic rings. The fraction of sp³-hybridized carbons (Fsp3) is 0.290. The van der Waals surface area contributed by atoms with Crippen molar-refractivity contribution in [3.63, 3.8) is 0 Å². The van der Waals surface area contributed by atoms with Gasteiger partial charge < -0.3 is 29.3 Å². The van der Waals surface area contributed by atoms with Gasteiger partial charge in [-0.15, -0.1) is 0 Å². The van der Waals surface area contributed by atoms with Crippen molar-refractivity contribution in [3.05, 3.63) is 108 Å². The number of piperidine rings is 1. The Labute approximate surface area is 228 Å². The van der Waals surface area contributed by atoms with Crippen LogP contribution in [0.4, 0.5) is 0 Å². The van der Waals surface area contributed by atoms with Gasteiger partial charge >= 0.3 is 11.9 Å². The van der Waals surface area contributed by atoms with Crippen LogP contribution >= 0.6 is 0 Å². The van der Waals surface area contributed by atoms with E-state index in [1.165, 1.54) is 23.1 Å². The number of carboxylic acids is 2. The van der Waals surface area contributed by atoms with Crippen molar-refractivity contribution < 1.29 is 34.0 Å². The molecule has 0 bridgehead atoms. The molecule has 2 aliphatic heterocycles. The summed E-state index contributed by atoms with van der Waals surface area (Å²) in [5.74, 6) is -0.797. The number of rotatable bonds is 9. The predicted molar refractivity (Wildman–Crippen MR) is 146 cm³/mol. The van der Waals surface area contributed by atoms with E-state index >= 15 is 0 Å². The zero-order valence-corrected chi connectivity index (χ0v) is 21.6. The molecule has 8 heteroatoms. The molecule has 204 valence electrons. The summed E-state index contributed by atoms with van der Waals surface area (Å²) >= 11 is 0. The van der Waals surface area contributed by atoms with Gasteiger partial charge in [0.25, 0.3) is 0 Å². The van der Waals surface area contributed by atoms with Crippen molar-refractivity contribution in [2.45, 2.75) is 31.5 Å². The molecular weight excluding hydrogens is 498 g/mol. The molecule has 2 N–H and O–H groups in total. The first-order valence-electron chi connectivity index (χ1n) is 13.0. The standard InChI is InChI=1S/C27H29NO3.C4H4O4/c1-3-8-22(9-4-1)27(23-10-5-2-6-11-23)31-24-12-7-16-28(19-24)17-15-21-13-14-25-26(18-21)30-20-29-25;5-3(6)1-2-4(7)8/h1-6,8-11,13-14,18,24,27H,7,12,15-17,19-20H2;1-2H,(H,5,6)(H,7,8)/b;2-1+/t24-;/m1./s1. The van der Waals surface area contributed by atoms with E-state index in [9.17, 15) is 9.59 Å². The van der Waals surface area contributed by atoms with Gasteiger partial charge in [0, 0.05) is 25.2 Å². The number of benzene rings is 3. The van der Waals surface area contributed by atoms with E-state index in [1.807, 2.05) is 6.07 Å². The summed E-state index contributed by atoms with van der Waals surface area (Å²) in [6.45, 7) is 3.46. The molecule has 0 radical (unpaired) electrons. The summed E-state index contributed by atoms with van der Waals surface area (Å²) in [5.41, 5.74) is 3.72. The molecular formula is C31H33NO7. The molecule has 8 nitrogen and oxygen atoms in total. The summed E-state index contributed by atoms with van der Waals surface area (Å²) in [7, 11) is 0. The van der Waals surface area contributed by atoms with E-state index in [4.69, 9.17) is 24.4 Å². The zero-order chi connectivity index (χ0) is 27.5. The molecule has 1 atom stereocenters. The number of hydrogen-bond donors (Lipinski definition) is 2. The van der Waals surface area contributed by atoms with Gasteiger partial charge in [0.05, 0.1) is 6.10 Å². The Morgan fingerprint density at radius 1 is 0.897 bits per heavy atom. The van der Waals surface area contributed by atoms with Crippen molar-refractivity contribution in [2.24, 2.45) is 0 Å². The molecule has 3 aromatic rings. The van der Waals surface area contributed by atoms with Crippen LogP contribution in [0.15, 0.2) is 91.0 Å². The third-order valence-electron chi connectivity index (χ3n) is 6.52. The lowest BCUT2D eigenvalue weighted by atomic mass is 10.00. The van der Waals surface area contributed by atoms with Gasteiger partial charge in [-0.05, 0) is 54.6 Å². The number of nitrogens with zero attached hydrogens (tertiary/aromatic N) is 1. The van der Waals surface area contributed by atoms with Gasteiger partial charge in [-0.25, -0.2) is 9.59 Å². The highest BCUT2D eigenvalue weighted by Gasteiger charge is 2.25. The van der Waals surface area contributed by atoms with Crippen LogP contribution in [0, 0.1) is 0 Å². The molecule has 0 aliphatic carbocycles. The van der Waals surface area contributed by atoms with Gasteiger partial charge in [-0.2, -0.15) is 0 Å². The third kappa shape index (κ3) is 8.70. The summed E-state index contributed by atoms with van der Waals surface area (Å²) < 4.78 is 17.7. The first kappa shape index (κ1) is 27.9. The number of likely N-dealkylation sites (tertiary alicyclic amines) is 1. The van der Waals surface area contributed by atoms with Gasteiger partial charge in [0.2, 0.25) is 6.79 Å². The van der Waals surface area contributed by atoms with E-state index in [0.29, 0.717) is 18.9 Å². The minimum atomic E-state index is -1.26.